The molecule has 78 valence electrons. The van der Waals surface area contributed by atoms with Crippen LogP contribution in [0.4, 0.5) is 5.82 Å². The van der Waals surface area contributed by atoms with E-state index >= 15 is 0 Å². The molecule has 0 saturated heterocycles. The summed E-state index contributed by atoms with van der Waals surface area (Å²) in [6.07, 6.45) is 0. The smallest absolute Gasteiger partial charge is 0.322 e. The van der Waals surface area contributed by atoms with E-state index in [-0.39, 0.29) is 6.54 Å². The van der Waals surface area contributed by atoms with Gasteiger partial charge in [0.1, 0.15) is 6.54 Å². The summed E-state index contributed by atoms with van der Waals surface area (Å²) in [6.45, 7) is -0.214. The summed E-state index contributed by atoms with van der Waals surface area (Å²) in [4.78, 5) is 10.4. The van der Waals surface area contributed by atoms with E-state index in [4.69, 9.17) is 21.2 Å². The number of hydrogen-bond acceptors (Lipinski definition) is 4. The second-order valence-corrected chi connectivity index (χ2v) is 3.30. The molecule has 5 nitrogen and oxygen atoms in total. The molecule has 0 bridgehead atoms. The molecule has 2 N–H and O–H groups in total. The van der Waals surface area contributed by atoms with Crippen LogP contribution in [0.3, 0.4) is 0 Å². The van der Waals surface area contributed by atoms with Gasteiger partial charge in [-0.15, -0.1) is 0 Å². The van der Waals surface area contributed by atoms with Gasteiger partial charge in [0.15, 0.2) is 11.4 Å². The predicted octanol–water partition coefficient (Wildman–Crippen LogP) is 1.98. The lowest BCUT2D eigenvalue weighted by molar-refractivity contribution is -0.134. The molecule has 2 rings (SSSR count). The molecule has 2 aromatic rings. The molecule has 15 heavy (non-hydrogen) atoms. The minimum Gasteiger partial charge on any atom is -0.480 e. The quantitative estimate of drug-likeness (QED) is 0.837. The number of para-hydroxylation sites is 1. The molecule has 1 aromatic heterocycles. The number of carbonyl (C=O) groups is 1. The fourth-order valence-corrected chi connectivity index (χ4v) is 1.42. The predicted molar refractivity (Wildman–Crippen MR) is 55.1 cm³/mol. The topological polar surface area (TPSA) is 75.4 Å². The van der Waals surface area contributed by atoms with Crippen LogP contribution in [0.15, 0.2) is 22.7 Å². The highest BCUT2D eigenvalue weighted by Gasteiger charge is 2.10. The van der Waals surface area contributed by atoms with Gasteiger partial charge >= 0.3 is 5.97 Å². The SMILES string of the molecule is O=C(O)CNc1noc2c(Cl)cccc12. The van der Waals surface area contributed by atoms with Gasteiger partial charge in [-0.25, -0.2) is 0 Å². The summed E-state index contributed by atoms with van der Waals surface area (Å²) in [5, 5.41) is 15.9. The van der Waals surface area contributed by atoms with Gasteiger partial charge in [-0.1, -0.05) is 22.8 Å². The van der Waals surface area contributed by atoms with Gasteiger partial charge in [-0.3, -0.25) is 4.79 Å². The number of nitrogens with zero attached hydrogens (tertiary/aromatic N) is 1. The highest BCUT2D eigenvalue weighted by Crippen LogP contribution is 2.28. The van der Waals surface area contributed by atoms with E-state index in [0.29, 0.717) is 21.8 Å². The van der Waals surface area contributed by atoms with Crippen LogP contribution in [0.2, 0.25) is 5.02 Å². The third-order valence-electron chi connectivity index (χ3n) is 1.86. The summed E-state index contributed by atoms with van der Waals surface area (Å²) >= 11 is 5.86. The molecule has 0 fully saturated rings. The number of carboxylic acid groups (broad SMARTS) is 1. The average Bonchev–Trinajstić information content (AvgIpc) is 2.59. The summed E-state index contributed by atoms with van der Waals surface area (Å²) in [7, 11) is 0. The van der Waals surface area contributed by atoms with E-state index in [0.717, 1.165) is 0 Å². The number of halogens is 1. The Morgan fingerprint density at radius 1 is 1.60 bits per heavy atom. The Morgan fingerprint density at radius 3 is 3.13 bits per heavy atom. The zero-order valence-corrected chi connectivity index (χ0v) is 8.28. The van der Waals surface area contributed by atoms with Crippen LogP contribution in [0.5, 0.6) is 0 Å². The normalized spacial score (nSPS) is 10.5. The van der Waals surface area contributed by atoms with Gasteiger partial charge in [0.25, 0.3) is 0 Å². The lowest BCUT2D eigenvalue weighted by Crippen LogP contribution is -2.12. The molecular formula is C9H7ClN2O3. The number of aromatic nitrogens is 1. The van der Waals surface area contributed by atoms with Crippen molar-refractivity contribution in [3.63, 3.8) is 0 Å². The minimum absolute atomic E-state index is 0.214. The number of aliphatic carboxylic acids is 1. The van der Waals surface area contributed by atoms with Crippen molar-refractivity contribution in [2.45, 2.75) is 0 Å². The Balaban J connectivity index is 2.37. The number of hydrogen-bond donors (Lipinski definition) is 2. The van der Waals surface area contributed by atoms with Crippen molar-refractivity contribution in [1.82, 2.24) is 5.16 Å². The van der Waals surface area contributed by atoms with Crippen molar-refractivity contribution >= 4 is 34.4 Å². The van der Waals surface area contributed by atoms with Crippen molar-refractivity contribution in [1.29, 1.82) is 0 Å². The molecule has 1 heterocycles. The minimum atomic E-state index is -0.965. The maximum Gasteiger partial charge on any atom is 0.322 e. The van der Waals surface area contributed by atoms with E-state index < -0.39 is 5.97 Å². The second kappa shape index (κ2) is 3.78. The van der Waals surface area contributed by atoms with Crippen molar-refractivity contribution in [3.05, 3.63) is 23.2 Å². The first kappa shape index (κ1) is 9.79. The molecule has 0 radical (unpaired) electrons. The molecule has 0 aliphatic heterocycles. The van der Waals surface area contributed by atoms with E-state index in [2.05, 4.69) is 10.5 Å². The van der Waals surface area contributed by atoms with Crippen molar-refractivity contribution < 1.29 is 14.4 Å². The molecule has 0 aliphatic carbocycles. The van der Waals surface area contributed by atoms with E-state index in [1.165, 1.54) is 0 Å². The second-order valence-electron chi connectivity index (χ2n) is 2.89. The standard InChI is InChI=1S/C9H7ClN2O3/c10-6-3-1-2-5-8(6)15-12-9(5)11-4-7(13)14/h1-3H,4H2,(H,11,12)(H,13,14). The zero-order chi connectivity index (χ0) is 10.8. The summed E-state index contributed by atoms with van der Waals surface area (Å²) in [6, 6.07) is 5.17. The lowest BCUT2D eigenvalue weighted by atomic mass is 10.2. The number of nitrogens with one attached hydrogen (secondary N) is 1. The van der Waals surface area contributed by atoms with Crippen molar-refractivity contribution in [2.24, 2.45) is 0 Å². The average molecular weight is 227 g/mol. The summed E-state index contributed by atoms with van der Waals surface area (Å²) < 4.78 is 4.97. The maximum atomic E-state index is 10.4. The Morgan fingerprint density at radius 2 is 2.40 bits per heavy atom. The van der Waals surface area contributed by atoms with Crippen LogP contribution < -0.4 is 5.32 Å². The highest BCUT2D eigenvalue weighted by atomic mass is 35.5. The lowest BCUT2D eigenvalue weighted by Gasteiger charge is -1.97. The van der Waals surface area contributed by atoms with Crippen LogP contribution in [0.25, 0.3) is 11.0 Å². The molecule has 0 spiro atoms. The first-order chi connectivity index (χ1) is 7.18. The third kappa shape index (κ3) is 1.87. The fraction of sp³-hybridized carbons (Fsp3) is 0.111. The Bertz CT molecular complexity index is 509. The van der Waals surface area contributed by atoms with Gasteiger partial charge in [-0.2, -0.15) is 0 Å². The first-order valence-electron chi connectivity index (χ1n) is 4.18. The molecule has 0 aliphatic rings. The molecule has 1 aromatic carbocycles. The number of anilines is 1. The van der Waals surface area contributed by atoms with Crippen LogP contribution >= 0.6 is 11.6 Å². The van der Waals surface area contributed by atoms with Gasteiger partial charge < -0.3 is 14.9 Å². The molecule has 0 amide bonds. The monoisotopic (exact) mass is 226 g/mol. The largest absolute Gasteiger partial charge is 0.480 e. The van der Waals surface area contributed by atoms with Gasteiger partial charge in [0, 0.05) is 0 Å². The van der Waals surface area contributed by atoms with Crippen LogP contribution in [-0.4, -0.2) is 22.8 Å². The maximum absolute atomic E-state index is 10.4. The molecule has 6 heteroatoms. The highest BCUT2D eigenvalue weighted by molar-refractivity contribution is 6.35. The van der Waals surface area contributed by atoms with Crippen molar-refractivity contribution in [3.8, 4) is 0 Å². The van der Waals surface area contributed by atoms with Crippen LogP contribution in [0, 0.1) is 0 Å². The first-order valence-corrected chi connectivity index (χ1v) is 4.56. The van der Waals surface area contributed by atoms with Gasteiger partial charge in [0.2, 0.25) is 0 Å². The number of fused-ring (bicyclic) bond motifs is 1. The Labute approximate surface area is 89.6 Å². The summed E-state index contributed by atoms with van der Waals surface area (Å²) in [5.74, 6) is -0.580. The molecular weight excluding hydrogens is 220 g/mol. The Hall–Kier alpha value is -1.75. The van der Waals surface area contributed by atoms with E-state index in [1.807, 2.05) is 0 Å². The van der Waals surface area contributed by atoms with Crippen molar-refractivity contribution in [2.75, 3.05) is 11.9 Å². The Kier molecular flexibility index (Phi) is 2.47. The molecule has 0 saturated carbocycles. The fourth-order valence-electron chi connectivity index (χ4n) is 1.22. The third-order valence-corrected chi connectivity index (χ3v) is 2.16. The summed E-state index contributed by atoms with van der Waals surface area (Å²) in [5.41, 5.74) is 0.451. The molecule has 0 atom stereocenters. The van der Waals surface area contributed by atoms with E-state index in [1.54, 1.807) is 18.2 Å². The van der Waals surface area contributed by atoms with Crippen LogP contribution in [0.1, 0.15) is 0 Å². The number of benzene rings is 1. The zero-order valence-electron chi connectivity index (χ0n) is 7.53. The van der Waals surface area contributed by atoms with E-state index in [9.17, 15) is 4.79 Å². The number of carboxylic acids is 1. The number of rotatable bonds is 3. The van der Waals surface area contributed by atoms with Gasteiger partial charge in [-0.05, 0) is 12.1 Å². The van der Waals surface area contributed by atoms with Crippen LogP contribution in [-0.2, 0) is 4.79 Å². The van der Waals surface area contributed by atoms with Gasteiger partial charge in [0.05, 0.1) is 10.4 Å². The molecule has 0 unspecified atom stereocenters.